The molecule has 1 saturated heterocycles. The zero-order valence-electron chi connectivity index (χ0n) is 13.3. The summed E-state index contributed by atoms with van der Waals surface area (Å²) in [5, 5.41) is 2.72. The first-order valence-electron chi connectivity index (χ1n) is 7.50. The van der Waals surface area contributed by atoms with Gasteiger partial charge in [-0.15, -0.1) is 0 Å². The molecule has 6 heteroatoms. The van der Waals surface area contributed by atoms with Crippen LogP contribution >= 0.6 is 0 Å². The maximum Gasteiger partial charge on any atom is 0.258 e. The van der Waals surface area contributed by atoms with Gasteiger partial charge in [-0.1, -0.05) is 26.0 Å². The molecule has 1 N–H and O–H groups in total. The first-order chi connectivity index (χ1) is 10.3. The number of hydrogen-bond donors (Lipinski definition) is 1. The Morgan fingerprint density at radius 2 is 2.14 bits per heavy atom. The number of amides is 1. The Bertz CT molecular complexity index is 652. The maximum atomic E-state index is 11.9. The van der Waals surface area contributed by atoms with Gasteiger partial charge in [0.2, 0.25) is 0 Å². The van der Waals surface area contributed by atoms with Crippen molar-refractivity contribution in [2.45, 2.75) is 39.2 Å². The summed E-state index contributed by atoms with van der Waals surface area (Å²) in [7, 11) is -2.99. The fourth-order valence-corrected chi connectivity index (χ4v) is 4.24. The third-order valence-corrected chi connectivity index (χ3v) is 5.52. The third-order valence-electron chi connectivity index (χ3n) is 3.75. The average Bonchev–Trinajstić information content (AvgIpc) is 2.75. The molecular formula is C16H23NO4S. The lowest BCUT2D eigenvalue weighted by molar-refractivity contribution is -0.123. The second-order valence-corrected chi connectivity index (χ2v) is 8.38. The smallest absolute Gasteiger partial charge is 0.258 e. The van der Waals surface area contributed by atoms with E-state index < -0.39 is 9.84 Å². The van der Waals surface area contributed by atoms with Crippen molar-refractivity contribution in [3.05, 3.63) is 29.3 Å². The number of aryl methyl sites for hydroxylation is 1. The van der Waals surface area contributed by atoms with Gasteiger partial charge in [-0.2, -0.15) is 0 Å². The summed E-state index contributed by atoms with van der Waals surface area (Å²) in [6.45, 7) is 6.02. The van der Waals surface area contributed by atoms with Crippen LogP contribution in [0.3, 0.4) is 0 Å². The van der Waals surface area contributed by atoms with Crippen LogP contribution in [-0.4, -0.2) is 38.5 Å². The van der Waals surface area contributed by atoms with Gasteiger partial charge in [-0.05, 0) is 36.5 Å². The molecule has 22 heavy (non-hydrogen) atoms. The lowest BCUT2D eigenvalue weighted by atomic mass is 10.0. The Morgan fingerprint density at radius 3 is 2.73 bits per heavy atom. The van der Waals surface area contributed by atoms with E-state index >= 15 is 0 Å². The first kappa shape index (κ1) is 16.8. The minimum atomic E-state index is -2.99. The molecule has 1 amide bonds. The van der Waals surface area contributed by atoms with E-state index in [0.717, 1.165) is 11.1 Å². The van der Waals surface area contributed by atoms with E-state index in [1.165, 1.54) is 0 Å². The molecule has 2 rings (SSSR count). The van der Waals surface area contributed by atoms with Crippen LogP contribution < -0.4 is 10.1 Å². The topological polar surface area (TPSA) is 72.5 Å². The molecule has 1 aromatic rings. The molecule has 1 atom stereocenters. The van der Waals surface area contributed by atoms with Crippen molar-refractivity contribution >= 4 is 15.7 Å². The summed E-state index contributed by atoms with van der Waals surface area (Å²) in [4.78, 5) is 11.9. The molecule has 0 spiro atoms. The van der Waals surface area contributed by atoms with Crippen LogP contribution in [0.5, 0.6) is 5.75 Å². The molecule has 1 heterocycles. The van der Waals surface area contributed by atoms with Gasteiger partial charge < -0.3 is 10.1 Å². The summed E-state index contributed by atoms with van der Waals surface area (Å²) in [6, 6.07) is 5.66. The molecule has 0 bridgehead atoms. The van der Waals surface area contributed by atoms with Crippen LogP contribution in [0, 0.1) is 6.92 Å². The van der Waals surface area contributed by atoms with Crippen LogP contribution in [0.2, 0.25) is 0 Å². The minimum Gasteiger partial charge on any atom is -0.483 e. The highest BCUT2D eigenvalue weighted by molar-refractivity contribution is 7.91. The van der Waals surface area contributed by atoms with E-state index in [0.29, 0.717) is 18.1 Å². The summed E-state index contributed by atoms with van der Waals surface area (Å²) in [5.41, 5.74) is 2.13. The Labute approximate surface area is 132 Å². The van der Waals surface area contributed by atoms with Crippen LogP contribution in [0.25, 0.3) is 0 Å². The monoisotopic (exact) mass is 325 g/mol. The fourth-order valence-electron chi connectivity index (χ4n) is 2.57. The van der Waals surface area contributed by atoms with Gasteiger partial charge in [-0.25, -0.2) is 8.42 Å². The van der Waals surface area contributed by atoms with Gasteiger partial charge in [0.05, 0.1) is 11.5 Å². The van der Waals surface area contributed by atoms with Gasteiger partial charge in [0.1, 0.15) is 5.75 Å². The minimum absolute atomic E-state index is 0.0282. The molecule has 0 aliphatic carbocycles. The van der Waals surface area contributed by atoms with Crippen LogP contribution in [-0.2, 0) is 14.6 Å². The Hall–Kier alpha value is -1.56. The van der Waals surface area contributed by atoms with Crippen molar-refractivity contribution in [3.63, 3.8) is 0 Å². The Morgan fingerprint density at radius 1 is 1.41 bits per heavy atom. The quantitative estimate of drug-likeness (QED) is 0.896. The summed E-state index contributed by atoms with van der Waals surface area (Å²) in [6.07, 6.45) is 0.482. The first-order valence-corrected chi connectivity index (χ1v) is 9.32. The number of ether oxygens (including phenoxy) is 1. The highest BCUT2D eigenvalue weighted by Crippen LogP contribution is 2.27. The largest absolute Gasteiger partial charge is 0.483 e. The Kier molecular flexibility index (Phi) is 5.11. The number of carbonyl (C=O) groups is 1. The standard InChI is InChI=1S/C16H23NO4S/c1-11(2)14-5-4-12(3)8-15(14)21-9-16(18)17-13-6-7-22(19,20)10-13/h4-5,8,11,13H,6-7,9-10H2,1-3H3,(H,17,18)/t13-/m0/s1. The van der Waals surface area contributed by atoms with Crippen LogP contribution in [0.15, 0.2) is 18.2 Å². The summed E-state index contributed by atoms with van der Waals surface area (Å²) < 4.78 is 28.4. The third kappa shape index (κ3) is 4.47. The zero-order valence-corrected chi connectivity index (χ0v) is 14.1. The zero-order chi connectivity index (χ0) is 16.3. The van der Waals surface area contributed by atoms with Crippen molar-refractivity contribution < 1.29 is 17.9 Å². The molecule has 1 aliphatic rings. The van der Waals surface area contributed by atoms with Crippen molar-refractivity contribution in [2.24, 2.45) is 0 Å². The average molecular weight is 325 g/mol. The van der Waals surface area contributed by atoms with E-state index in [9.17, 15) is 13.2 Å². The molecule has 1 fully saturated rings. The summed E-state index contributed by atoms with van der Waals surface area (Å²) >= 11 is 0. The van der Waals surface area contributed by atoms with Crippen LogP contribution in [0.4, 0.5) is 0 Å². The fraction of sp³-hybridized carbons (Fsp3) is 0.562. The molecule has 1 aliphatic heterocycles. The van der Waals surface area contributed by atoms with Crippen molar-refractivity contribution in [1.29, 1.82) is 0 Å². The van der Waals surface area contributed by atoms with Crippen molar-refractivity contribution in [2.75, 3.05) is 18.1 Å². The number of carbonyl (C=O) groups excluding carboxylic acids is 1. The van der Waals surface area contributed by atoms with Gasteiger partial charge in [0.15, 0.2) is 16.4 Å². The molecule has 0 aromatic heterocycles. The second kappa shape index (κ2) is 6.69. The SMILES string of the molecule is Cc1ccc(C(C)C)c(OCC(=O)N[C@H]2CCS(=O)(=O)C2)c1. The van der Waals surface area contributed by atoms with Gasteiger partial charge in [-0.3, -0.25) is 4.79 Å². The van der Waals surface area contributed by atoms with Crippen molar-refractivity contribution in [3.8, 4) is 5.75 Å². The molecule has 0 unspecified atom stereocenters. The van der Waals surface area contributed by atoms with Crippen LogP contribution in [0.1, 0.15) is 37.3 Å². The van der Waals surface area contributed by atoms with Gasteiger partial charge in [0, 0.05) is 6.04 Å². The number of rotatable bonds is 5. The van der Waals surface area contributed by atoms with E-state index in [-0.39, 0.29) is 30.1 Å². The predicted molar refractivity (Wildman–Crippen MR) is 86.0 cm³/mol. The summed E-state index contributed by atoms with van der Waals surface area (Å²) in [5.74, 6) is 0.912. The van der Waals surface area contributed by atoms with Gasteiger partial charge in [0.25, 0.3) is 5.91 Å². The Balaban J connectivity index is 1.93. The highest BCUT2D eigenvalue weighted by Gasteiger charge is 2.28. The van der Waals surface area contributed by atoms with E-state index in [1.54, 1.807) is 0 Å². The van der Waals surface area contributed by atoms with Crippen molar-refractivity contribution in [1.82, 2.24) is 5.32 Å². The molecule has 0 saturated carbocycles. The second-order valence-electron chi connectivity index (χ2n) is 6.15. The lowest BCUT2D eigenvalue weighted by Crippen LogP contribution is -2.38. The number of sulfone groups is 1. The maximum absolute atomic E-state index is 11.9. The highest BCUT2D eigenvalue weighted by atomic mass is 32.2. The number of benzene rings is 1. The predicted octanol–water partition coefficient (Wildman–Crippen LogP) is 1.80. The molecule has 122 valence electrons. The molecule has 1 aromatic carbocycles. The van der Waals surface area contributed by atoms with E-state index in [1.807, 2.05) is 25.1 Å². The number of hydrogen-bond acceptors (Lipinski definition) is 4. The van der Waals surface area contributed by atoms with Gasteiger partial charge >= 0.3 is 0 Å². The molecular weight excluding hydrogens is 302 g/mol. The lowest BCUT2D eigenvalue weighted by Gasteiger charge is -2.16. The molecule has 0 radical (unpaired) electrons. The normalized spacial score (nSPS) is 20.1. The number of nitrogens with one attached hydrogen (secondary N) is 1. The molecule has 5 nitrogen and oxygen atoms in total. The van der Waals surface area contributed by atoms with E-state index in [4.69, 9.17) is 4.74 Å². The van der Waals surface area contributed by atoms with E-state index in [2.05, 4.69) is 19.2 Å².